The zero-order valence-corrected chi connectivity index (χ0v) is 13.4. The molecule has 3 nitrogen and oxygen atoms in total. The summed E-state index contributed by atoms with van der Waals surface area (Å²) in [7, 11) is 0. The number of benzene rings is 1. The predicted molar refractivity (Wildman–Crippen MR) is 85.8 cm³/mol. The Hall–Kier alpha value is -1.06. The van der Waals surface area contributed by atoms with Crippen LogP contribution in [0.15, 0.2) is 23.3 Å². The fourth-order valence-electron chi connectivity index (χ4n) is 3.69. The molecule has 1 N–H and O–H groups in total. The number of carbonyl (C=O) groups excluding carboxylic acids is 1. The molecule has 3 unspecified atom stereocenters. The van der Waals surface area contributed by atoms with Crippen molar-refractivity contribution in [3.05, 3.63) is 33.8 Å². The first-order valence-corrected chi connectivity index (χ1v) is 8.06. The van der Waals surface area contributed by atoms with Crippen molar-refractivity contribution in [2.45, 2.75) is 32.6 Å². The van der Waals surface area contributed by atoms with Gasteiger partial charge in [-0.2, -0.15) is 5.10 Å². The Morgan fingerprint density at radius 2 is 2.24 bits per heavy atom. The summed E-state index contributed by atoms with van der Waals surface area (Å²) in [5.41, 5.74) is 3.60. The molecule has 3 atom stereocenters. The highest BCUT2D eigenvalue weighted by molar-refractivity contribution is 6.36. The second-order valence-electron chi connectivity index (χ2n) is 6.24. The third-order valence-electron chi connectivity index (χ3n) is 4.95. The molecule has 0 heterocycles. The first kappa shape index (κ1) is 14.9. The lowest BCUT2D eigenvalue weighted by molar-refractivity contribution is -0.123. The number of hydrazone groups is 1. The minimum Gasteiger partial charge on any atom is -0.273 e. The summed E-state index contributed by atoms with van der Waals surface area (Å²) in [5.74, 6) is 0.698. The number of carbonyl (C=O) groups is 1. The Morgan fingerprint density at radius 3 is 2.90 bits per heavy atom. The van der Waals surface area contributed by atoms with Crippen molar-refractivity contribution in [1.29, 1.82) is 0 Å². The van der Waals surface area contributed by atoms with E-state index in [-0.39, 0.29) is 17.2 Å². The van der Waals surface area contributed by atoms with Crippen LogP contribution in [0.1, 0.15) is 38.2 Å². The minimum atomic E-state index is 0.0331. The van der Waals surface area contributed by atoms with Crippen molar-refractivity contribution >= 4 is 35.3 Å². The molecule has 0 saturated heterocycles. The summed E-state index contributed by atoms with van der Waals surface area (Å²) in [6.07, 6.45) is 6.36. The largest absolute Gasteiger partial charge is 0.273 e. The monoisotopic (exact) mass is 324 g/mol. The Morgan fingerprint density at radius 1 is 1.43 bits per heavy atom. The molecule has 0 bridgehead atoms. The van der Waals surface area contributed by atoms with Crippen LogP contribution in [-0.2, 0) is 4.79 Å². The Balaban J connectivity index is 1.60. The van der Waals surface area contributed by atoms with E-state index in [0.29, 0.717) is 16.0 Å². The van der Waals surface area contributed by atoms with Crippen LogP contribution >= 0.6 is 23.2 Å². The van der Waals surface area contributed by atoms with Crippen molar-refractivity contribution in [3.63, 3.8) is 0 Å². The van der Waals surface area contributed by atoms with Crippen molar-refractivity contribution in [2.75, 3.05) is 0 Å². The Labute approximate surface area is 134 Å². The maximum absolute atomic E-state index is 12.2. The molecule has 2 saturated carbocycles. The lowest BCUT2D eigenvalue weighted by Crippen LogP contribution is -2.22. The van der Waals surface area contributed by atoms with E-state index < -0.39 is 0 Å². The molecule has 0 aromatic heterocycles. The van der Waals surface area contributed by atoms with Gasteiger partial charge in [0.25, 0.3) is 0 Å². The molecule has 112 valence electrons. The van der Waals surface area contributed by atoms with Crippen LogP contribution in [0, 0.1) is 17.3 Å². The van der Waals surface area contributed by atoms with E-state index in [1.54, 1.807) is 24.4 Å². The molecular formula is C16H18Cl2N2O. The molecule has 21 heavy (non-hydrogen) atoms. The highest BCUT2D eigenvalue weighted by Gasteiger charge is 2.64. The number of halogens is 2. The maximum Gasteiger partial charge on any atom is 0.244 e. The normalized spacial score (nSPS) is 31.0. The van der Waals surface area contributed by atoms with E-state index in [1.807, 2.05) is 0 Å². The Bertz CT molecular complexity index is 602. The van der Waals surface area contributed by atoms with Crippen LogP contribution in [0.3, 0.4) is 0 Å². The fraction of sp³-hybridized carbons (Fsp3) is 0.500. The third-order valence-corrected chi connectivity index (χ3v) is 5.52. The highest BCUT2D eigenvalue weighted by atomic mass is 35.5. The standard InChI is InChI=1S/C16H18Cl2N2O/c1-16-7-3-2-4-12(16)14(16)15(21)20-19-9-10-5-6-11(17)8-13(10)18/h5-6,8-9,12,14H,2-4,7H2,1H3,(H,20,21)/b19-9-. The molecular weight excluding hydrogens is 307 g/mol. The lowest BCUT2D eigenvalue weighted by Gasteiger charge is -2.15. The van der Waals surface area contributed by atoms with Crippen molar-refractivity contribution < 1.29 is 4.79 Å². The van der Waals surface area contributed by atoms with Gasteiger partial charge >= 0.3 is 0 Å². The number of fused-ring (bicyclic) bond motifs is 1. The minimum absolute atomic E-state index is 0.0331. The molecule has 1 amide bonds. The van der Waals surface area contributed by atoms with E-state index in [1.165, 1.54) is 19.3 Å². The van der Waals surface area contributed by atoms with Gasteiger partial charge in [0.05, 0.1) is 11.2 Å². The molecule has 0 spiro atoms. The molecule has 2 aliphatic carbocycles. The Kier molecular flexibility index (Phi) is 3.98. The van der Waals surface area contributed by atoms with Gasteiger partial charge in [-0.25, -0.2) is 5.43 Å². The summed E-state index contributed by atoms with van der Waals surface area (Å²) in [5, 5.41) is 5.13. The van der Waals surface area contributed by atoms with Crippen molar-refractivity contribution in [3.8, 4) is 0 Å². The van der Waals surface area contributed by atoms with Crippen LogP contribution in [-0.4, -0.2) is 12.1 Å². The number of hydrogen-bond donors (Lipinski definition) is 1. The number of amides is 1. The summed E-state index contributed by atoms with van der Waals surface area (Å²) in [6.45, 7) is 2.22. The van der Waals surface area contributed by atoms with Gasteiger partial charge in [-0.1, -0.05) is 49.0 Å². The van der Waals surface area contributed by atoms with E-state index in [2.05, 4.69) is 17.5 Å². The molecule has 0 aliphatic heterocycles. The maximum atomic E-state index is 12.2. The lowest BCUT2D eigenvalue weighted by atomic mass is 9.90. The van der Waals surface area contributed by atoms with E-state index in [0.717, 1.165) is 12.0 Å². The van der Waals surface area contributed by atoms with Gasteiger partial charge in [0.1, 0.15) is 0 Å². The summed E-state index contributed by atoms with van der Waals surface area (Å²) >= 11 is 11.9. The third kappa shape index (κ3) is 2.82. The number of nitrogens with zero attached hydrogens (tertiary/aromatic N) is 1. The first-order valence-electron chi connectivity index (χ1n) is 7.30. The van der Waals surface area contributed by atoms with E-state index in [9.17, 15) is 4.79 Å². The molecule has 2 aliphatic rings. The average molecular weight is 325 g/mol. The molecule has 2 fully saturated rings. The van der Waals surface area contributed by atoms with Gasteiger partial charge in [0, 0.05) is 16.5 Å². The number of rotatable bonds is 3. The fourth-order valence-corrected chi connectivity index (χ4v) is 4.15. The SMILES string of the molecule is CC12CCCCC1C2C(=O)N/N=C\c1ccc(Cl)cc1Cl. The van der Waals surface area contributed by atoms with Gasteiger partial charge in [0.15, 0.2) is 0 Å². The smallest absolute Gasteiger partial charge is 0.244 e. The van der Waals surface area contributed by atoms with Gasteiger partial charge < -0.3 is 0 Å². The van der Waals surface area contributed by atoms with Crippen LogP contribution in [0.25, 0.3) is 0 Å². The zero-order valence-electron chi connectivity index (χ0n) is 11.9. The van der Waals surface area contributed by atoms with Crippen LogP contribution < -0.4 is 5.43 Å². The number of hydrogen-bond acceptors (Lipinski definition) is 2. The van der Waals surface area contributed by atoms with E-state index in [4.69, 9.17) is 23.2 Å². The summed E-state index contributed by atoms with van der Waals surface area (Å²) in [6, 6.07) is 5.18. The topological polar surface area (TPSA) is 41.5 Å². The molecule has 0 radical (unpaired) electrons. The highest BCUT2D eigenvalue weighted by Crippen LogP contribution is 2.66. The van der Waals surface area contributed by atoms with Gasteiger partial charge in [-0.05, 0) is 36.3 Å². The summed E-state index contributed by atoms with van der Waals surface area (Å²) in [4.78, 5) is 12.2. The summed E-state index contributed by atoms with van der Waals surface area (Å²) < 4.78 is 0. The van der Waals surface area contributed by atoms with Crippen molar-refractivity contribution in [1.82, 2.24) is 5.43 Å². The second-order valence-corrected chi connectivity index (χ2v) is 7.08. The van der Waals surface area contributed by atoms with Crippen LogP contribution in [0.2, 0.25) is 10.0 Å². The van der Waals surface area contributed by atoms with Gasteiger partial charge in [-0.15, -0.1) is 0 Å². The van der Waals surface area contributed by atoms with Crippen LogP contribution in [0.4, 0.5) is 0 Å². The molecule has 5 heteroatoms. The van der Waals surface area contributed by atoms with Gasteiger partial charge in [0.2, 0.25) is 5.91 Å². The van der Waals surface area contributed by atoms with Gasteiger partial charge in [-0.3, -0.25) is 4.79 Å². The van der Waals surface area contributed by atoms with Crippen molar-refractivity contribution in [2.24, 2.45) is 22.4 Å². The average Bonchev–Trinajstić information content (AvgIpc) is 3.07. The second kappa shape index (κ2) is 5.62. The zero-order chi connectivity index (χ0) is 15.0. The number of nitrogens with one attached hydrogen (secondary N) is 1. The molecule has 1 aromatic carbocycles. The molecule has 1 aromatic rings. The van der Waals surface area contributed by atoms with E-state index >= 15 is 0 Å². The van der Waals surface area contributed by atoms with Crippen LogP contribution in [0.5, 0.6) is 0 Å². The first-order chi connectivity index (χ1) is 10.0. The predicted octanol–water partition coefficient (Wildman–Crippen LogP) is 4.27. The quantitative estimate of drug-likeness (QED) is 0.654. The molecule has 3 rings (SSSR count).